The Balaban J connectivity index is 1.84. The summed E-state index contributed by atoms with van der Waals surface area (Å²) in [6.45, 7) is 3.03. The van der Waals surface area contributed by atoms with Crippen LogP contribution >= 0.6 is 0 Å². The maximum atomic E-state index is 9.65. The number of benzene rings is 1. The van der Waals surface area contributed by atoms with E-state index in [-0.39, 0.29) is 0 Å². The fraction of sp³-hybridized carbons (Fsp3) is 0.571. The number of hydrogen-bond donors (Lipinski definition) is 2. The molecule has 0 amide bonds. The zero-order valence-corrected chi connectivity index (χ0v) is 9.95. The van der Waals surface area contributed by atoms with Crippen molar-refractivity contribution in [2.45, 2.75) is 45.2 Å². The lowest BCUT2D eigenvalue weighted by Gasteiger charge is -2.20. The molecule has 0 radical (unpaired) electrons. The third-order valence-corrected chi connectivity index (χ3v) is 3.71. The van der Waals surface area contributed by atoms with Crippen molar-refractivity contribution in [2.24, 2.45) is 5.92 Å². The smallest absolute Gasteiger partial charge is 0.120 e. The lowest BCUT2D eigenvalue weighted by atomic mass is 9.99. The molecular weight excluding hydrogens is 198 g/mol. The zero-order valence-electron chi connectivity index (χ0n) is 9.95. The Kier molecular flexibility index (Phi) is 3.83. The van der Waals surface area contributed by atoms with Gasteiger partial charge in [-0.15, -0.1) is 0 Å². The normalized spacial score (nSPS) is 18.8. The summed E-state index contributed by atoms with van der Waals surface area (Å²) in [5.74, 6) is 1.22. The van der Waals surface area contributed by atoms with E-state index in [2.05, 4.69) is 12.2 Å². The second-order valence-corrected chi connectivity index (χ2v) is 4.84. The molecule has 1 aromatic carbocycles. The minimum atomic E-state index is 0.397. The predicted octanol–water partition coefficient (Wildman–Crippen LogP) is 3.06. The van der Waals surface area contributed by atoms with E-state index in [1.165, 1.54) is 25.7 Å². The fourth-order valence-corrected chi connectivity index (χ4v) is 2.56. The van der Waals surface area contributed by atoms with Gasteiger partial charge < -0.3 is 10.4 Å². The largest absolute Gasteiger partial charge is 0.508 e. The summed E-state index contributed by atoms with van der Waals surface area (Å²) in [5.41, 5.74) is 0.993. The van der Waals surface area contributed by atoms with E-state index in [1.54, 1.807) is 6.07 Å². The van der Waals surface area contributed by atoms with Gasteiger partial charge in [0.1, 0.15) is 5.75 Å². The van der Waals surface area contributed by atoms with Gasteiger partial charge in [-0.1, -0.05) is 31.0 Å². The van der Waals surface area contributed by atoms with Crippen LogP contribution in [0, 0.1) is 5.92 Å². The number of para-hydroxylation sites is 1. The molecule has 0 heterocycles. The molecule has 2 N–H and O–H groups in total. The van der Waals surface area contributed by atoms with Crippen LogP contribution in [0.25, 0.3) is 0 Å². The molecule has 2 heteroatoms. The van der Waals surface area contributed by atoms with Gasteiger partial charge in [0.05, 0.1) is 0 Å². The maximum Gasteiger partial charge on any atom is 0.120 e. The lowest BCUT2D eigenvalue weighted by molar-refractivity contribution is 0.376. The number of phenols is 1. The molecule has 2 rings (SSSR count). The number of nitrogens with one attached hydrogen (secondary N) is 1. The summed E-state index contributed by atoms with van der Waals surface area (Å²) in [7, 11) is 0. The summed E-state index contributed by atoms with van der Waals surface area (Å²) in [5, 5.41) is 13.2. The van der Waals surface area contributed by atoms with Gasteiger partial charge in [-0.25, -0.2) is 0 Å². The molecule has 0 saturated heterocycles. The van der Waals surface area contributed by atoms with Crippen molar-refractivity contribution in [3.05, 3.63) is 29.8 Å². The topological polar surface area (TPSA) is 32.3 Å². The predicted molar refractivity (Wildman–Crippen MR) is 66.4 cm³/mol. The molecule has 88 valence electrons. The Morgan fingerprint density at radius 1 is 1.31 bits per heavy atom. The number of phenolic OH excluding ortho intramolecular Hbond substituents is 1. The van der Waals surface area contributed by atoms with Crippen molar-refractivity contribution >= 4 is 0 Å². The minimum Gasteiger partial charge on any atom is -0.508 e. The number of aromatic hydroxyl groups is 1. The fourth-order valence-electron chi connectivity index (χ4n) is 2.56. The summed E-state index contributed by atoms with van der Waals surface area (Å²) in [6.07, 6.45) is 5.48. The molecule has 2 nitrogen and oxygen atoms in total. The standard InChI is InChI=1S/C14H21NO/c1-11(12-6-2-3-7-12)15-10-13-8-4-5-9-14(13)16/h4-5,8-9,11-12,15-16H,2-3,6-7,10H2,1H3/t11-/m0/s1. The first-order chi connectivity index (χ1) is 7.77. The lowest BCUT2D eigenvalue weighted by Crippen LogP contribution is -2.31. The molecular formula is C14H21NO. The van der Waals surface area contributed by atoms with Crippen LogP contribution in [0.4, 0.5) is 0 Å². The van der Waals surface area contributed by atoms with E-state index < -0.39 is 0 Å². The summed E-state index contributed by atoms with van der Waals surface area (Å²) < 4.78 is 0. The quantitative estimate of drug-likeness (QED) is 0.815. The van der Waals surface area contributed by atoms with Crippen molar-refractivity contribution in [2.75, 3.05) is 0 Å². The average molecular weight is 219 g/mol. The van der Waals surface area contributed by atoms with E-state index >= 15 is 0 Å². The molecule has 0 bridgehead atoms. The maximum absolute atomic E-state index is 9.65. The highest BCUT2D eigenvalue weighted by atomic mass is 16.3. The molecule has 16 heavy (non-hydrogen) atoms. The molecule has 0 aliphatic heterocycles. The second-order valence-electron chi connectivity index (χ2n) is 4.84. The van der Waals surface area contributed by atoms with Crippen LogP contribution < -0.4 is 5.32 Å². The zero-order chi connectivity index (χ0) is 11.4. The highest BCUT2D eigenvalue weighted by Crippen LogP contribution is 2.27. The van der Waals surface area contributed by atoms with Crippen LogP contribution in [0.3, 0.4) is 0 Å². The SMILES string of the molecule is C[C@H](NCc1ccccc1O)C1CCCC1. The van der Waals surface area contributed by atoms with E-state index in [4.69, 9.17) is 0 Å². The first-order valence-electron chi connectivity index (χ1n) is 6.27. The summed E-state index contributed by atoms with van der Waals surface area (Å²) in [6, 6.07) is 8.11. The molecule has 1 aliphatic rings. The monoisotopic (exact) mass is 219 g/mol. The van der Waals surface area contributed by atoms with Crippen LogP contribution in [0.2, 0.25) is 0 Å². The van der Waals surface area contributed by atoms with Crippen molar-refractivity contribution < 1.29 is 5.11 Å². The Morgan fingerprint density at radius 3 is 2.69 bits per heavy atom. The van der Waals surface area contributed by atoms with E-state index in [0.717, 1.165) is 18.0 Å². The molecule has 0 aromatic heterocycles. The van der Waals surface area contributed by atoms with E-state index in [0.29, 0.717) is 11.8 Å². The van der Waals surface area contributed by atoms with Gasteiger partial charge >= 0.3 is 0 Å². The molecule has 0 spiro atoms. The van der Waals surface area contributed by atoms with Crippen LogP contribution in [-0.2, 0) is 6.54 Å². The van der Waals surface area contributed by atoms with E-state index in [9.17, 15) is 5.11 Å². The average Bonchev–Trinajstić information content (AvgIpc) is 2.81. The molecule has 1 saturated carbocycles. The molecule has 1 aliphatic carbocycles. The van der Waals surface area contributed by atoms with Gasteiger partial charge in [0, 0.05) is 18.2 Å². The number of rotatable bonds is 4. The summed E-state index contributed by atoms with van der Waals surface area (Å²) >= 11 is 0. The van der Waals surface area contributed by atoms with Crippen molar-refractivity contribution in [1.29, 1.82) is 0 Å². The summed E-state index contributed by atoms with van der Waals surface area (Å²) in [4.78, 5) is 0. The van der Waals surface area contributed by atoms with Gasteiger partial charge in [0.2, 0.25) is 0 Å². The highest BCUT2D eigenvalue weighted by molar-refractivity contribution is 5.31. The second kappa shape index (κ2) is 5.35. The van der Waals surface area contributed by atoms with Crippen LogP contribution in [-0.4, -0.2) is 11.1 Å². The first kappa shape index (κ1) is 11.5. The molecule has 1 aromatic rings. The van der Waals surface area contributed by atoms with Gasteiger partial charge in [0.25, 0.3) is 0 Å². The van der Waals surface area contributed by atoms with Crippen LogP contribution in [0.1, 0.15) is 38.2 Å². The van der Waals surface area contributed by atoms with Crippen LogP contribution in [0.5, 0.6) is 5.75 Å². The molecule has 0 unspecified atom stereocenters. The molecule has 1 fully saturated rings. The Bertz CT molecular complexity index is 331. The molecule has 1 atom stereocenters. The number of hydrogen-bond acceptors (Lipinski definition) is 2. The Labute approximate surface area is 97.7 Å². The van der Waals surface area contributed by atoms with Gasteiger partial charge in [0.15, 0.2) is 0 Å². The third kappa shape index (κ3) is 2.76. The third-order valence-electron chi connectivity index (χ3n) is 3.71. The minimum absolute atomic E-state index is 0.397. The van der Waals surface area contributed by atoms with Crippen molar-refractivity contribution in [1.82, 2.24) is 5.32 Å². The Morgan fingerprint density at radius 2 is 2.00 bits per heavy atom. The van der Waals surface area contributed by atoms with Gasteiger partial charge in [-0.2, -0.15) is 0 Å². The van der Waals surface area contributed by atoms with Gasteiger partial charge in [-0.3, -0.25) is 0 Å². The van der Waals surface area contributed by atoms with E-state index in [1.807, 2.05) is 18.2 Å². The highest BCUT2D eigenvalue weighted by Gasteiger charge is 2.20. The first-order valence-corrected chi connectivity index (χ1v) is 6.27. The van der Waals surface area contributed by atoms with Crippen molar-refractivity contribution in [3.8, 4) is 5.75 Å². The van der Waals surface area contributed by atoms with Crippen molar-refractivity contribution in [3.63, 3.8) is 0 Å². The van der Waals surface area contributed by atoms with Gasteiger partial charge in [-0.05, 0) is 31.7 Å². The Hall–Kier alpha value is -1.02. The van der Waals surface area contributed by atoms with Crippen LogP contribution in [0.15, 0.2) is 24.3 Å².